The molecule has 1 aromatic carbocycles. The first-order valence-electron chi connectivity index (χ1n) is 12.1. The number of aromatic amines is 1. The summed E-state index contributed by atoms with van der Waals surface area (Å²) in [6.45, 7) is 5.17. The van der Waals surface area contributed by atoms with Crippen molar-refractivity contribution in [1.82, 2.24) is 25.1 Å². The van der Waals surface area contributed by atoms with Crippen molar-refractivity contribution in [2.45, 2.75) is 38.3 Å². The van der Waals surface area contributed by atoms with Crippen LogP contribution in [0, 0.1) is 5.82 Å². The van der Waals surface area contributed by atoms with E-state index >= 15 is 0 Å². The first kappa shape index (κ1) is 26.1. The number of amides is 2. The van der Waals surface area contributed by atoms with Crippen LogP contribution in [0.2, 0.25) is 0 Å². The first-order chi connectivity index (χ1) is 17.2. The Balaban J connectivity index is 1.40. The van der Waals surface area contributed by atoms with Crippen molar-refractivity contribution in [3.05, 3.63) is 50.1 Å². The summed E-state index contributed by atoms with van der Waals surface area (Å²) in [6.07, 6.45) is 2.48. The Morgan fingerprint density at radius 2 is 1.97 bits per heavy atom. The number of nitrogens with one attached hydrogen (secondary N) is 2. The summed E-state index contributed by atoms with van der Waals surface area (Å²) in [5.74, 6) is -1.09. The summed E-state index contributed by atoms with van der Waals surface area (Å²) < 4.78 is 14.9. The van der Waals surface area contributed by atoms with Crippen LogP contribution in [0.4, 0.5) is 16.0 Å². The van der Waals surface area contributed by atoms with Crippen molar-refractivity contribution in [2.75, 3.05) is 50.4 Å². The molecule has 1 aromatic heterocycles. The molecule has 2 saturated heterocycles. The summed E-state index contributed by atoms with van der Waals surface area (Å²) in [7, 11) is 1.46. The number of carbonyl (C=O) groups is 2. The highest BCUT2D eigenvalue weighted by atomic mass is 79.9. The number of halogens is 2. The van der Waals surface area contributed by atoms with Crippen LogP contribution in [0.5, 0.6) is 0 Å². The quantitative estimate of drug-likeness (QED) is 0.506. The monoisotopic (exact) mass is 563 g/mol. The lowest BCUT2D eigenvalue weighted by Crippen LogP contribution is -2.59. The van der Waals surface area contributed by atoms with E-state index in [0.29, 0.717) is 36.7 Å². The van der Waals surface area contributed by atoms with Gasteiger partial charge in [0.15, 0.2) is 11.6 Å². The molecule has 10 nitrogen and oxygen atoms in total. The van der Waals surface area contributed by atoms with Crippen LogP contribution in [-0.2, 0) is 0 Å². The zero-order chi connectivity index (χ0) is 26.0. The van der Waals surface area contributed by atoms with Gasteiger partial charge in [0.25, 0.3) is 17.4 Å². The minimum absolute atomic E-state index is 0.0151. The van der Waals surface area contributed by atoms with Gasteiger partial charge in [-0.1, -0.05) is 22.9 Å². The van der Waals surface area contributed by atoms with E-state index in [2.05, 4.69) is 43.0 Å². The summed E-state index contributed by atoms with van der Waals surface area (Å²) in [6, 6.07) is 4.99. The normalized spacial score (nSPS) is 19.4. The van der Waals surface area contributed by atoms with Gasteiger partial charge in [-0.15, -0.1) is 0 Å². The fraction of sp³-hybridized carbons (Fsp3) is 0.500. The molecular weight excluding hydrogens is 533 g/mol. The summed E-state index contributed by atoms with van der Waals surface area (Å²) in [4.78, 5) is 50.3. The molecule has 0 bridgehead atoms. The highest BCUT2D eigenvalue weighted by molar-refractivity contribution is 9.10. The van der Waals surface area contributed by atoms with Crippen LogP contribution in [-0.4, -0.2) is 83.4 Å². The topological polar surface area (TPSA) is 128 Å². The van der Waals surface area contributed by atoms with E-state index < -0.39 is 17.3 Å². The van der Waals surface area contributed by atoms with Crippen LogP contribution in [0.1, 0.15) is 47.0 Å². The molecule has 2 fully saturated rings. The van der Waals surface area contributed by atoms with E-state index in [1.165, 1.54) is 19.2 Å². The number of nitrogens with zero attached hydrogens (tertiary/aromatic N) is 4. The molecule has 0 saturated carbocycles. The van der Waals surface area contributed by atoms with E-state index in [9.17, 15) is 18.8 Å². The molecule has 4 rings (SSSR count). The molecule has 194 valence electrons. The molecule has 1 atom stereocenters. The minimum atomic E-state index is -0.522. The summed E-state index contributed by atoms with van der Waals surface area (Å²) >= 11 is 3.22. The summed E-state index contributed by atoms with van der Waals surface area (Å²) in [5.41, 5.74) is 5.55. The van der Waals surface area contributed by atoms with Gasteiger partial charge in [0.05, 0.1) is 5.56 Å². The van der Waals surface area contributed by atoms with Crippen molar-refractivity contribution >= 4 is 39.4 Å². The Kier molecular flexibility index (Phi) is 7.94. The molecule has 4 N–H and O–H groups in total. The van der Waals surface area contributed by atoms with Crippen molar-refractivity contribution in [3.8, 4) is 0 Å². The third-order valence-corrected chi connectivity index (χ3v) is 7.55. The van der Waals surface area contributed by atoms with Crippen molar-refractivity contribution < 1.29 is 14.0 Å². The van der Waals surface area contributed by atoms with Gasteiger partial charge in [0.1, 0.15) is 11.5 Å². The molecule has 3 heterocycles. The second kappa shape index (κ2) is 11.0. The van der Waals surface area contributed by atoms with E-state index in [4.69, 9.17) is 5.73 Å². The number of aromatic nitrogens is 2. The number of rotatable bonds is 5. The predicted molar refractivity (Wildman–Crippen MR) is 139 cm³/mol. The molecule has 0 spiro atoms. The zero-order valence-electron chi connectivity index (χ0n) is 20.4. The van der Waals surface area contributed by atoms with Crippen LogP contribution in [0.25, 0.3) is 0 Å². The van der Waals surface area contributed by atoms with Gasteiger partial charge in [0, 0.05) is 56.3 Å². The lowest BCUT2D eigenvalue weighted by Gasteiger charge is -2.47. The molecule has 2 aliphatic heterocycles. The van der Waals surface area contributed by atoms with Crippen molar-refractivity contribution in [3.63, 3.8) is 0 Å². The standard InChI is InChI=1S/C24H31BrFN7O3/c1-3-15-13-32(21-23(35)29-19(20(27)30-21)22(34)28-2)10-11-33(15)16-6-8-31(9-7-16)24(36)17-5-4-14(25)12-18(17)26/h4-5,12,15-16H,3,6-11,13H2,1-2H3,(H2,27,30)(H,28,34)(H,29,35)/t15-/m0/s1. The number of piperazine rings is 1. The zero-order valence-corrected chi connectivity index (χ0v) is 22.0. The Hall–Kier alpha value is -2.99. The van der Waals surface area contributed by atoms with Gasteiger partial charge in [-0.2, -0.15) is 0 Å². The molecule has 2 aliphatic rings. The SMILES string of the molecule is CC[C@H]1CN(c2nc(N)c(C(=O)NC)[nH]c2=O)CCN1C1CCN(C(=O)c2ccc(Br)cc2F)CC1. The smallest absolute Gasteiger partial charge is 0.291 e. The average molecular weight is 564 g/mol. The Labute approximate surface area is 217 Å². The number of benzene rings is 1. The van der Waals surface area contributed by atoms with Crippen LogP contribution < -0.4 is 21.5 Å². The molecular formula is C24H31BrFN7O3. The third kappa shape index (κ3) is 5.24. The molecule has 0 aliphatic carbocycles. The van der Waals surface area contributed by atoms with Gasteiger partial charge in [-0.25, -0.2) is 9.37 Å². The number of piperidine rings is 1. The maximum Gasteiger partial charge on any atom is 0.291 e. The van der Waals surface area contributed by atoms with Crippen LogP contribution >= 0.6 is 15.9 Å². The number of anilines is 2. The number of carbonyl (C=O) groups excluding carboxylic acids is 2. The molecule has 0 radical (unpaired) electrons. The maximum absolute atomic E-state index is 14.3. The van der Waals surface area contributed by atoms with E-state index in [1.807, 2.05) is 4.90 Å². The third-order valence-electron chi connectivity index (χ3n) is 7.06. The van der Waals surface area contributed by atoms with E-state index in [-0.39, 0.29) is 34.8 Å². The average Bonchev–Trinajstić information content (AvgIpc) is 2.88. The van der Waals surface area contributed by atoms with Gasteiger partial charge in [-0.3, -0.25) is 19.3 Å². The van der Waals surface area contributed by atoms with Crippen molar-refractivity contribution in [1.29, 1.82) is 0 Å². The van der Waals surface area contributed by atoms with E-state index in [1.54, 1.807) is 11.0 Å². The fourth-order valence-corrected chi connectivity index (χ4v) is 5.44. The molecule has 12 heteroatoms. The minimum Gasteiger partial charge on any atom is -0.382 e. The van der Waals surface area contributed by atoms with Gasteiger partial charge >= 0.3 is 0 Å². The Bertz CT molecular complexity index is 1200. The number of hydrogen-bond acceptors (Lipinski definition) is 7. The van der Waals surface area contributed by atoms with Gasteiger partial charge < -0.3 is 25.8 Å². The molecule has 2 amide bonds. The fourth-order valence-electron chi connectivity index (χ4n) is 5.11. The predicted octanol–water partition coefficient (Wildman–Crippen LogP) is 1.82. The van der Waals surface area contributed by atoms with Crippen LogP contribution in [0.15, 0.2) is 27.5 Å². The second-order valence-corrected chi connectivity index (χ2v) is 10.0. The number of nitrogen functional groups attached to an aromatic ring is 1. The van der Waals surface area contributed by atoms with Crippen LogP contribution in [0.3, 0.4) is 0 Å². The highest BCUT2D eigenvalue weighted by Crippen LogP contribution is 2.26. The van der Waals surface area contributed by atoms with E-state index in [0.717, 1.165) is 25.8 Å². The summed E-state index contributed by atoms with van der Waals surface area (Å²) in [5, 5.41) is 2.44. The van der Waals surface area contributed by atoms with Gasteiger partial charge in [0.2, 0.25) is 0 Å². The second-order valence-electron chi connectivity index (χ2n) is 9.12. The first-order valence-corrected chi connectivity index (χ1v) is 12.9. The van der Waals surface area contributed by atoms with Crippen molar-refractivity contribution in [2.24, 2.45) is 0 Å². The number of H-pyrrole nitrogens is 1. The molecule has 0 unspecified atom stereocenters. The molecule has 2 aromatic rings. The lowest BCUT2D eigenvalue weighted by atomic mass is 9.97. The molecule has 36 heavy (non-hydrogen) atoms. The highest BCUT2D eigenvalue weighted by Gasteiger charge is 2.35. The van der Waals surface area contributed by atoms with Gasteiger partial charge in [-0.05, 0) is 37.5 Å². The lowest BCUT2D eigenvalue weighted by molar-refractivity contribution is 0.0487. The largest absolute Gasteiger partial charge is 0.382 e. The number of nitrogens with two attached hydrogens (primary N) is 1. The Morgan fingerprint density at radius 1 is 1.25 bits per heavy atom. The maximum atomic E-state index is 14.3. The Morgan fingerprint density at radius 3 is 2.61 bits per heavy atom. The number of hydrogen-bond donors (Lipinski definition) is 3. The number of likely N-dealkylation sites (tertiary alicyclic amines) is 1.